The molecule has 5 nitrogen and oxygen atoms in total. The van der Waals surface area contributed by atoms with E-state index < -0.39 is 19.0 Å². The smallest absolute Gasteiger partial charge is 0.303 e. The van der Waals surface area contributed by atoms with Crippen LogP contribution in [0.3, 0.4) is 0 Å². The fourth-order valence-corrected chi connectivity index (χ4v) is 2.34. The quantitative estimate of drug-likeness (QED) is 0.693. The number of alkyl halides is 2. The maximum atomic E-state index is 11.9. The van der Waals surface area contributed by atoms with Gasteiger partial charge in [-0.15, -0.1) is 0 Å². The molecule has 1 unspecified atom stereocenters. The molecule has 1 saturated heterocycles. The van der Waals surface area contributed by atoms with Crippen molar-refractivity contribution in [1.82, 2.24) is 4.90 Å². The monoisotopic (exact) mass is 293 g/mol. The molecule has 0 aromatic heterocycles. The lowest BCUT2D eigenvalue weighted by molar-refractivity contribution is -0.137. The summed E-state index contributed by atoms with van der Waals surface area (Å²) in [7, 11) is 0. The van der Waals surface area contributed by atoms with E-state index in [4.69, 9.17) is 5.11 Å². The highest BCUT2D eigenvalue weighted by Gasteiger charge is 2.23. The van der Waals surface area contributed by atoms with E-state index in [-0.39, 0.29) is 31.3 Å². The Bertz CT molecular complexity index is 325. The van der Waals surface area contributed by atoms with Crippen LogP contribution in [-0.2, 0) is 14.3 Å². The standard InChI is InChI=1S/C13H21F2NO4/c14-11(15)9-20-7-5-12(17)16-6-1-2-10(8-16)3-4-13(18)19/h10-11H,1-9H2,(H,18,19). The summed E-state index contributed by atoms with van der Waals surface area (Å²) in [5, 5.41) is 8.65. The van der Waals surface area contributed by atoms with Crippen molar-refractivity contribution < 1.29 is 28.2 Å². The Morgan fingerprint density at radius 1 is 1.35 bits per heavy atom. The Morgan fingerprint density at radius 2 is 2.10 bits per heavy atom. The van der Waals surface area contributed by atoms with Gasteiger partial charge in [-0.3, -0.25) is 9.59 Å². The fourth-order valence-electron chi connectivity index (χ4n) is 2.34. The van der Waals surface area contributed by atoms with Crippen LogP contribution in [0.4, 0.5) is 8.78 Å². The zero-order valence-electron chi connectivity index (χ0n) is 11.4. The number of carbonyl (C=O) groups is 2. The summed E-state index contributed by atoms with van der Waals surface area (Å²) in [5.41, 5.74) is 0. The van der Waals surface area contributed by atoms with Crippen LogP contribution < -0.4 is 0 Å². The lowest BCUT2D eigenvalue weighted by Gasteiger charge is -2.32. The van der Waals surface area contributed by atoms with Gasteiger partial charge in [0.05, 0.1) is 13.0 Å². The number of ether oxygens (including phenoxy) is 1. The number of piperidine rings is 1. The zero-order valence-corrected chi connectivity index (χ0v) is 11.4. The first-order valence-corrected chi connectivity index (χ1v) is 6.84. The van der Waals surface area contributed by atoms with Gasteiger partial charge in [-0.05, 0) is 25.2 Å². The third-order valence-electron chi connectivity index (χ3n) is 3.34. The Balaban J connectivity index is 2.23. The van der Waals surface area contributed by atoms with Crippen molar-refractivity contribution in [3.05, 3.63) is 0 Å². The van der Waals surface area contributed by atoms with E-state index in [9.17, 15) is 18.4 Å². The topological polar surface area (TPSA) is 66.8 Å². The van der Waals surface area contributed by atoms with Gasteiger partial charge in [-0.25, -0.2) is 8.78 Å². The summed E-state index contributed by atoms with van der Waals surface area (Å²) in [6.45, 7) is 0.562. The first-order chi connectivity index (χ1) is 9.49. The van der Waals surface area contributed by atoms with Gasteiger partial charge in [-0.2, -0.15) is 0 Å². The molecule has 0 aromatic carbocycles. The van der Waals surface area contributed by atoms with Crippen LogP contribution in [-0.4, -0.2) is 54.6 Å². The third kappa shape index (κ3) is 6.79. The highest BCUT2D eigenvalue weighted by Crippen LogP contribution is 2.21. The molecule has 0 saturated carbocycles. The van der Waals surface area contributed by atoms with Gasteiger partial charge in [0.15, 0.2) is 0 Å². The Hall–Kier alpha value is -1.24. The second kappa shape index (κ2) is 8.84. The molecule has 1 aliphatic rings. The molecule has 0 aliphatic carbocycles. The van der Waals surface area contributed by atoms with Crippen molar-refractivity contribution in [3.8, 4) is 0 Å². The van der Waals surface area contributed by atoms with Gasteiger partial charge in [0.1, 0.15) is 6.61 Å². The molecule has 20 heavy (non-hydrogen) atoms. The zero-order chi connectivity index (χ0) is 15.0. The highest BCUT2D eigenvalue weighted by molar-refractivity contribution is 5.76. The number of rotatable bonds is 8. The number of likely N-dealkylation sites (tertiary alicyclic amines) is 1. The lowest BCUT2D eigenvalue weighted by atomic mass is 9.93. The minimum Gasteiger partial charge on any atom is -0.481 e. The normalized spacial score (nSPS) is 19.4. The molecular weight excluding hydrogens is 272 g/mol. The van der Waals surface area contributed by atoms with Crippen LogP contribution in [0.5, 0.6) is 0 Å². The lowest BCUT2D eigenvalue weighted by Crippen LogP contribution is -2.40. The van der Waals surface area contributed by atoms with Crippen molar-refractivity contribution >= 4 is 11.9 Å². The van der Waals surface area contributed by atoms with Crippen LogP contribution in [0.15, 0.2) is 0 Å². The predicted molar refractivity (Wildman–Crippen MR) is 67.6 cm³/mol. The molecule has 1 atom stereocenters. The number of carboxylic acids is 1. The average molecular weight is 293 g/mol. The Kier molecular flexibility index (Phi) is 7.43. The molecule has 1 rings (SSSR count). The summed E-state index contributed by atoms with van der Waals surface area (Å²) < 4.78 is 28.4. The van der Waals surface area contributed by atoms with Gasteiger partial charge in [0.2, 0.25) is 5.91 Å². The summed E-state index contributed by atoms with van der Waals surface area (Å²) in [4.78, 5) is 24.1. The van der Waals surface area contributed by atoms with E-state index in [1.54, 1.807) is 4.90 Å². The van der Waals surface area contributed by atoms with Gasteiger partial charge in [-0.1, -0.05) is 0 Å². The maximum absolute atomic E-state index is 11.9. The molecule has 7 heteroatoms. The molecule has 1 heterocycles. The average Bonchev–Trinajstić information content (AvgIpc) is 2.41. The number of carboxylic acid groups (broad SMARTS) is 1. The molecule has 1 amide bonds. The van der Waals surface area contributed by atoms with Crippen LogP contribution in [0.2, 0.25) is 0 Å². The van der Waals surface area contributed by atoms with Crippen molar-refractivity contribution in [2.75, 3.05) is 26.3 Å². The molecule has 0 radical (unpaired) electrons. The second-order valence-corrected chi connectivity index (χ2v) is 5.00. The number of hydrogen-bond donors (Lipinski definition) is 1. The van der Waals surface area contributed by atoms with Crippen molar-refractivity contribution in [2.24, 2.45) is 5.92 Å². The molecule has 1 fully saturated rings. The largest absolute Gasteiger partial charge is 0.481 e. The van der Waals surface area contributed by atoms with E-state index in [0.717, 1.165) is 12.8 Å². The van der Waals surface area contributed by atoms with Gasteiger partial charge >= 0.3 is 5.97 Å². The summed E-state index contributed by atoms with van der Waals surface area (Å²) >= 11 is 0. The van der Waals surface area contributed by atoms with E-state index in [2.05, 4.69) is 4.74 Å². The van der Waals surface area contributed by atoms with Crippen LogP contribution in [0.25, 0.3) is 0 Å². The van der Waals surface area contributed by atoms with E-state index in [1.165, 1.54) is 0 Å². The summed E-state index contributed by atoms with van der Waals surface area (Å²) in [6.07, 6.45) is 0.0525. The number of aliphatic carboxylic acids is 1. The van der Waals surface area contributed by atoms with Crippen molar-refractivity contribution in [3.63, 3.8) is 0 Å². The van der Waals surface area contributed by atoms with E-state index >= 15 is 0 Å². The SMILES string of the molecule is O=C(O)CCC1CCCN(C(=O)CCOCC(F)F)C1. The van der Waals surface area contributed by atoms with Crippen LogP contribution in [0, 0.1) is 5.92 Å². The van der Waals surface area contributed by atoms with E-state index in [0.29, 0.717) is 19.5 Å². The highest BCUT2D eigenvalue weighted by atomic mass is 19.3. The Morgan fingerprint density at radius 3 is 2.75 bits per heavy atom. The third-order valence-corrected chi connectivity index (χ3v) is 3.34. The molecular formula is C13H21F2NO4. The van der Waals surface area contributed by atoms with Gasteiger partial charge in [0.25, 0.3) is 6.43 Å². The molecule has 116 valence electrons. The molecule has 1 N–H and O–H groups in total. The summed E-state index contributed by atoms with van der Waals surface area (Å²) in [5.74, 6) is -0.723. The molecule has 0 spiro atoms. The Labute approximate surface area is 116 Å². The van der Waals surface area contributed by atoms with Crippen molar-refractivity contribution in [1.29, 1.82) is 0 Å². The maximum Gasteiger partial charge on any atom is 0.303 e. The first-order valence-electron chi connectivity index (χ1n) is 6.84. The summed E-state index contributed by atoms with van der Waals surface area (Å²) in [6, 6.07) is 0. The minimum atomic E-state index is -2.51. The molecule has 1 aliphatic heterocycles. The van der Waals surface area contributed by atoms with Gasteiger partial charge in [0, 0.05) is 19.5 Å². The number of amides is 1. The number of carbonyl (C=O) groups excluding carboxylic acids is 1. The predicted octanol–water partition coefficient (Wildman–Crippen LogP) is 1.76. The molecule has 0 bridgehead atoms. The minimum absolute atomic E-state index is 0.000530. The van der Waals surface area contributed by atoms with Crippen molar-refractivity contribution in [2.45, 2.75) is 38.5 Å². The fraction of sp³-hybridized carbons (Fsp3) is 0.846. The number of hydrogen-bond acceptors (Lipinski definition) is 3. The first kappa shape index (κ1) is 16.8. The van der Waals surface area contributed by atoms with Crippen LogP contribution >= 0.6 is 0 Å². The van der Waals surface area contributed by atoms with E-state index in [1.807, 2.05) is 0 Å². The number of nitrogens with zero attached hydrogens (tertiary/aromatic N) is 1. The second-order valence-electron chi connectivity index (χ2n) is 5.00. The molecule has 0 aromatic rings. The van der Waals surface area contributed by atoms with Crippen LogP contribution in [0.1, 0.15) is 32.1 Å². The van der Waals surface area contributed by atoms with Gasteiger partial charge < -0.3 is 14.7 Å². The number of halogens is 2.